The molecule has 1 saturated heterocycles. The molecule has 7 nitrogen and oxygen atoms in total. The zero-order valence-electron chi connectivity index (χ0n) is 12.0. The minimum absolute atomic E-state index is 0. The lowest BCUT2D eigenvalue weighted by Crippen LogP contribution is -2.48. The fourth-order valence-electron chi connectivity index (χ4n) is 2.38. The van der Waals surface area contributed by atoms with Gasteiger partial charge in [0.25, 0.3) is 5.91 Å². The van der Waals surface area contributed by atoms with Crippen molar-refractivity contribution in [3.63, 3.8) is 0 Å². The van der Waals surface area contributed by atoms with Crippen molar-refractivity contribution >= 4 is 28.3 Å². The monoisotopic (exact) mass is 336 g/mol. The first-order valence-electron chi connectivity index (χ1n) is 6.50. The van der Waals surface area contributed by atoms with Crippen LogP contribution in [0.1, 0.15) is 23.8 Å². The van der Waals surface area contributed by atoms with Gasteiger partial charge in [-0.15, -0.1) is 12.4 Å². The molecule has 0 radical (unpaired) electrons. The van der Waals surface area contributed by atoms with Gasteiger partial charge in [-0.05, 0) is 31.5 Å². The predicted octanol–water partition coefficient (Wildman–Crippen LogP) is -0.178. The van der Waals surface area contributed by atoms with Gasteiger partial charge in [-0.3, -0.25) is 4.79 Å². The second kappa shape index (κ2) is 6.78. The molecule has 1 aliphatic rings. The van der Waals surface area contributed by atoms with Crippen molar-refractivity contribution in [3.8, 4) is 0 Å². The van der Waals surface area contributed by atoms with Crippen LogP contribution >= 0.6 is 12.4 Å². The maximum Gasteiger partial charge on any atom is 0.265 e. The van der Waals surface area contributed by atoms with Crippen molar-refractivity contribution in [1.29, 1.82) is 0 Å². The van der Waals surface area contributed by atoms with Gasteiger partial charge in [0.2, 0.25) is 10.0 Å². The van der Waals surface area contributed by atoms with E-state index < -0.39 is 15.9 Å². The van der Waals surface area contributed by atoms with E-state index in [1.54, 1.807) is 7.05 Å². The number of piperidine rings is 1. The molecule has 1 fully saturated rings. The summed E-state index contributed by atoms with van der Waals surface area (Å²) in [6.45, 7) is 3.58. The molecule has 0 spiro atoms. The Morgan fingerprint density at radius 3 is 2.71 bits per heavy atom. The first-order chi connectivity index (χ1) is 9.31. The van der Waals surface area contributed by atoms with Crippen LogP contribution in [0.15, 0.2) is 17.2 Å². The van der Waals surface area contributed by atoms with Crippen LogP contribution in [0.3, 0.4) is 0 Å². The van der Waals surface area contributed by atoms with E-state index in [1.807, 2.05) is 6.92 Å². The van der Waals surface area contributed by atoms with E-state index in [2.05, 4.69) is 10.0 Å². The number of nitrogens with two attached hydrogens (primary N) is 1. The van der Waals surface area contributed by atoms with Gasteiger partial charge < -0.3 is 15.6 Å². The SMILES string of the molecule is CC1CNCCC1NS(=O)(=O)c1cc(C(N)=O)n(C)c1.Cl. The summed E-state index contributed by atoms with van der Waals surface area (Å²) in [5, 5.41) is 3.22. The molecular weight excluding hydrogens is 316 g/mol. The summed E-state index contributed by atoms with van der Waals surface area (Å²) < 4.78 is 28.8. The third-order valence-electron chi connectivity index (χ3n) is 3.63. The molecule has 0 aliphatic carbocycles. The molecule has 2 atom stereocenters. The number of carbonyl (C=O) groups is 1. The number of primary amides is 1. The number of halogens is 1. The van der Waals surface area contributed by atoms with Gasteiger partial charge in [0.05, 0.1) is 0 Å². The van der Waals surface area contributed by atoms with Gasteiger partial charge in [0.15, 0.2) is 0 Å². The summed E-state index contributed by atoms with van der Waals surface area (Å²) >= 11 is 0. The maximum absolute atomic E-state index is 12.3. The van der Waals surface area contributed by atoms with E-state index in [0.717, 1.165) is 19.5 Å². The lowest BCUT2D eigenvalue weighted by atomic mass is 9.97. The van der Waals surface area contributed by atoms with Gasteiger partial charge >= 0.3 is 0 Å². The molecule has 1 aliphatic heterocycles. The number of nitrogens with one attached hydrogen (secondary N) is 2. The number of rotatable bonds is 4. The standard InChI is InChI=1S/C12H20N4O3S.ClH/c1-8-6-14-4-3-10(8)15-20(18,19)9-5-11(12(13)17)16(2)7-9;/h5,7-8,10,14-15H,3-4,6H2,1-2H3,(H2,13,17);1H. The molecule has 4 N–H and O–H groups in total. The molecule has 1 aromatic rings. The first kappa shape index (κ1) is 18.0. The van der Waals surface area contributed by atoms with Crippen LogP contribution in [0.2, 0.25) is 0 Å². The smallest absolute Gasteiger partial charge is 0.265 e. The number of hydrogen-bond donors (Lipinski definition) is 3. The van der Waals surface area contributed by atoms with E-state index in [4.69, 9.17) is 5.73 Å². The third-order valence-corrected chi connectivity index (χ3v) is 5.09. The lowest BCUT2D eigenvalue weighted by molar-refractivity contribution is 0.0992. The van der Waals surface area contributed by atoms with E-state index in [-0.39, 0.29) is 35.0 Å². The van der Waals surface area contributed by atoms with Crippen molar-refractivity contribution < 1.29 is 13.2 Å². The van der Waals surface area contributed by atoms with E-state index in [1.165, 1.54) is 16.8 Å². The Morgan fingerprint density at radius 2 is 2.19 bits per heavy atom. The second-order valence-corrected chi connectivity index (χ2v) is 6.95. The average Bonchev–Trinajstić information content (AvgIpc) is 2.75. The number of sulfonamides is 1. The molecule has 21 heavy (non-hydrogen) atoms. The Balaban J connectivity index is 0.00000220. The van der Waals surface area contributed by atoms with Crippen LogP contribution in [0.5, 0.6) is 0 Å². The number of amides is 1. The van der Waals surface area contributed by atoms with Crippen molar-refractivity contribution in [2.75, 3.05) is 13.1 Å². The Morgan fingerprint density at radius 1 is 1.52 bits per heavy atom. The third kappa shape index (κ3) is 3.97. The molecule has 0 saturated carbocycles. The fraction of sp³-hybridized carbons (Fsp3) is 0.583. The largest absolute Gasteiger partial charge is 0.364 e. The molecular formula is C12H21ClN4O3S. The van der Waals surface area contributed by atoms with Crippen LogP contribution in [-0.2, 0) is 17.1 Å². The van der Waals surface area contributed by atoms with Crippen molar-refractivity contribution in [2.45, 2.75) is 24.3 Å². The lowest BCUT2D eigenvalue weighted by Gasteiger charge is -2.29. The Kier molecular flexibility index (Phi) is 5.80. The number of aromatic nitrogens is 1. The minimum Gasteiger partial charge on any atom is -0.364 e. The highest BCUT2D eigenvalue weighted by atomic mass is 35.5. The topological polar surface area (TPSA) is 106 Å². The van der Waals surface area contributed by atoms with Gasteiger partial charge in [0, 0.05) is 19.3 Å². The second-order valence-electron chi connectivity index (χ2n) is 5.23. The zero-order valence-corrected chi connectivity index (χ0v) is 13.6. The van der Waals surface area contributed by atoms with Crippen LogP contribution in [-0.4, -0.2) is 38.0 Å². The molecule has 1 aromatic heterocycles. The number of nitrogens with zero attached hydrogens (tertiary/aromatic N) is 1. The molecule has 2 heterocycles. The predicted molar refractivity (Wildman–Crippen MR) is 81.9 cm³/mol. The summed E-state index contributed by atoms with van der Waals surface area (Å²) in [6, 6.07) is 1.20. The Hall–Kier alpha value is -1.09. The quantitative estimate of drug-likeness (QED) is 0.709. The molecule has 2 rings (SSSR count). The Labute approximate surface area is 130 Å². The summed E-state index contributed by atoms with van der Waals surface area (Å²) in [5.41, 5.74) is 5.36. The summed E-state index contributed by atoms with van der Waals surface area (Å²) in [4.78, 5) is 11.3. The first-order valence-corrected chi connectivity index (χ1v) is 7.99. The van der Waals surface area contributed by atoms with E-state index in [9.17, 15) is 13.2 Å². The highest BCUT2D eigenvalue weighted by Crippen LogP contribution is 2.17. The van der Waals surface area contributed by atoms with Crippen molar-refractivity contribution in [3.05, 3.63) is 18.0 Å². The summed E-state index contributed by atoms with van der Waals surface area (Å²) in [6.07, 6.45) is 2.14. The minimum atomic E-state index is -3.63. The summed E-state index contributed by atoms with van der Waals surface area (Å²) in [5.74, 6) is -0.429. The van der Waals surface area contributed by atoms with Gasteiger partial charge in [-0.2, -0.15) is 0 Å². The van der Waals surface area contributed by atoms with Gasteiger partial charge in [-0.1, -0.05) is 6.92 Å². The highest BCUT2D eigenvalue weighted by Gasteiger charge is 2.28. The van der Waals surface area contributed by atoms with E-state index >= 15 is 0 Å². The molecule has 1 amide bonds. The fourth-order valence-corrected chi connectivity index (χ4v) is 3.83. The zero-order chi connectivity index (χ0) is 14.9. The molecule has 120 valence electrons. The van der Waals surface area contributed by atoms with Crippen LogP contribution in [0.25, 0.3) is 0 Å². The number of aryl methyl sites for hydroxylation is 1. The number of carbonyl (C=O) groups excluding carboxylic acids is 1. The van der Waals surface area contributed by atoms with Crippen LogP contribution in [0.4, 0.5) is 0 Å². The van der Waals surface area contributed by atoms with Crippen molar-refractivity contribution in [2.24, 2.45) is 18.7 Å². The summed E-state index contributed by atoms with van der Waals surface area (Å²) in [7, 11) is -2.04. The van der Waals surface area contributed by atoms with Gasteiger partial charge in [-0.25, -0.2) is 13.1 Å². The molecule has 2 unspecified atom stereocenters. The molecule has 9 heteroatoms. The van der Waals surface area contributed by atoms with Crippen molar-refractivity contribution in [1.82, 2.24) is 14.6 Å². The van der Waals surface area contributed by atoms with Crippen LogP contribution in [0, 0.1) is 5.92 Å². The normalized spacial score (nSPS) is 22.6. The highest BCUT2D eigenvalue weighted by molar-refractivity contribution is 7.89. The Bertz CT molecular complexity index is 614. The van der Waals surface area contributed by atoms with E-state index in [0.29, 0.717) is 0 Å². The molecule has 0 bridgehead atoms. The number of hydrogen-bond acceptors (Lipinski definition) is 4. The average molecular weight is 337 g/mol. The van der Waals surface area contributed by atoms with Crippen LogP contribution < -0.4 is 15.8 Å². The maximum atomic E-state index is 12.3. The molecule has 0 aromatic carbocycles. The van der Waals surface area contributed by atoms with Gasteiger partial charge in [0.1, 0.15) is 10.6 Å².